The van der Waals surface area contributed by atoms with E-state index in [1.807, 2.05) is 0 Å². The molecule has 86 valence electrons. The van der Waals surface area contributed by atoms with Crippen LogP contribution in [0, 0.1) is 10.1 Å². The summed E-state index contributed by atoms with van der Waals surface area (Å²) in [6.07, 6.45) is 2.57. The minimum atomic E-state index is -0.517. The van der Waals surface area contributed by atoms with Crippen LogP contribution in [-0.2, 0) is 0 Å². The summed E-state index contributed by atoms with van der Waals surface area (Å²) in [6.45, 7) is 0. The van der Waals surface area contributed by atoms with Gasteiger partial charge in [-0.3, -0.25) is 10.1 Å². The second-order valence-corrected chi connectivity index (χ2v) is 4.04. The molecule has 1 aromatic heterocycles. The molecule has 6 nitrogen and oxygen atoms in total. The number of phenolic OH excluding ortho intramolecular Hbond substituents is 1. The van der Waals surface area contributed by atoms with E-state index in [4.69, 9.17) is 0 Å². The highest BCUT2D eigenvalue weighted by atomic mass is 32.1. The molecule has 1 N–H and O–H groups in total. The third-order valence-electron chi connectivity index (χ3n) is 1.91. The third-order valence-corrected chi connectivity index (χ3v) is 2.77. The highest BCUT2D eigenvalue weighted by Gasteiger charge is 2.10. The lowest BCUT2D eigenvalue weighted by molar-refractivity contribution is -0.380. The number of hydrogen-bond acceptors (Lipinski definition) is 6. The molecule has 0 atom stereocenters. The smallest absolute Gasteiger partial charge is 0.345 e. The lowest BCUT2D eigenvalue weighted by Gasteiger charge is -1.94. The van der Waals surface area contributed by atoms with Crippen molar-refractivity contribution in [1.29, 1.82) is 0 Å². The zero-order chi connectivity index (χ0) is 12.3. The standard InChI is InChI=1S/C10H7N3O3S/c14-8-4-2-1-3-7(8)5-11-10-12-6-9(17-10)13(15)16/h1-6,14H/b11-5-. The van der Waals surface area contributed by atoms with Crippen LogP contribution < -0.4 is 0 Å². The van der Waals surface area contributed by atoms with E-state index in [2.05, 4.69) is 9.98 Å². The molecule has 2 rings (SSSR count). The van der Waals surface area contributed by atoms with Crippen LogP contribution in [0.2, 0.25) is 0 Å². The Morgan fingerprint density at radius 3 is 2.88 bits per heavy atom. The topological polar surface area (TPSA) is 88.6 Å². The first-order valence-corrected chi connectivity index (χ1v) is 5.41. The third kappa shape index (κ3) is 2.64. The Labute approximate surface area is 100 Å². The lowest BCUT2D eigenvalue weighted by atomic mass is 10.2. The second-order valence-electron chi connectivity index (χ2n) is 3.06. The fraction of sp³-hybridized carbons (Fsp3) is 0. The Kier molecular flexibility index (Phi) is 3.10. The number of para-hydroxylation sites is 1. The summed E-state index contributed by atoms with van der Waals surface area (Å²) in [5, 5.41) is 20.1. The number of nitrogens with zero attached hydrogens (tertiary/aromatic N) is 3. The molecule has 7 heteroatoms. The largest absolute Gasteiger partial charge is 0.507 e. The van der Waals surface area contributed by atoms with E-state index in [1.165, 1.54) is 12.3 Å². The maximum atomic E-state index is 10.4. The summed E-state index contributed by atoms with van der Waals surface area (Å²) in [6, 6.07) is 6.67. The number of phenols is 1. The zero-order valence-electron chi connectivity index (χ0n) is 8.48. The van der Waals surface area contributed by atoms with Crippen LogP contribution in [0.15, 0.2) is 35.5 Å². The van der Waals surface area contributed by atoms with Gasteiger partial charge in [-0.15, -0.1) is 0 Å². The monoisotopic (exact) mass is 249 g/mol. The quantitative estimate of drug-likeness (QED) is 0.514. The van der Waals surface area contributed by atoms with E-state index < -0.39 is 4.92 Å². The van der Waals surface area contributed by atoms with Gasteiger partial charge in [0.15, 0.2) is 0 Å². The number of nitro groups is 1. The number of rotatable bonds is 3. The van der Waals surface area contributed by atoms with Gasteiger partial charge in [-0.2, -0.15) is 0 Å². The van der Waals surface area contributed by atoms with Crippen molar-refractivity contribution in [2.24, 2.45) is 4.99 Å². The van der Waals surface area contributed by atoms with Gasteiger partial charge >= 0.3 is 5.00 Å². The Bertz CT molecular complexity index is 580. The van der Waals surface area contributed by atoms with Crippen molar-refractivity contribution in [2.45, 2.75) is 0 Å². The predicted molar refractivity (Wildman–Crippen MR) is 64.1 cm³/mol. The number of aliphatic imine (C=N–C) groups is 1. The number of aromatic hydroxyl groups is 1. The predicted octanol–water partition coefficient (Wildman–Crippen LogP) is 2.51. The van der Waals surface area contributed by atoms with E-state index in [1.54, 1.807) is 18.2 Å². The normalized spacial score (nSPS) is 10.8. The van der Waals surface area contributed by atoms with E-state index in [0.29, 0.717) is 5.56 Å². The molecule has 0 unspecified atom stereocenters. The van der Waals surface area contributed by atoms with E-state index in [-0.39, 0.29) is 15.9 Å². The number of thiazole rings is 1. The van der Waals surface area contributed by atoms with Crippen LogP contribution >= 0.6 is 11.3 Å². The first-order chi connectivity index (χ1) is 8.16. The van der Waals surface area contributed by atoms with Gasteiger partial charge in [0.1, 0.15) is 11.9 Å². The number of aromatic nitrogens is 1. The summed E-state index contributed by atoms with van der Waals surface area (Å²) in [4.78, 5) is 17.6. The summed E-state index contributed by atoms with van der Waals surface area (Å²) in [5.74, 6) is 0.0994. The molecule has 0 fully saturated rings. The Hall–Kier alpha value is -2.28. The second kappa shape index (κ2) is 4.71. The van der Waals surface area contributed by atoms with Gasteiger partial charge in [0.25, 0.3) is 0 Å². The summed E-state index contributed by atoms with van der Waals surface area (Å²) in [7, 11) is 0. The van der Waals surface area contributed by atoms with Gasteiger partial charge in [0.2, 0.25) is 5.13 Å². The molecule has 0 aliphatic rings. The van der Waals surface area contributed by atoms with Gasteiger partial charge in [0, 0.05) is 11.8 Å². The molecule has 1 heterocycles. The van der Waals surface area contributed by atoms with Gasteiger partial charge in [-0.25, -0.2) is 9.98 Å². The molecule has 0 amide bonds. The molecule has 2 aromatic rings. The van der Waals surface area contributed by atoms with Gasteiger partial charge in [-0.05, 0) is 23.5 Å². The van der Waals surface area contributed by atoms with Crippen LogP contribution in [0.5, 0.6) is 5.75 Å². The highest BCUT2D eigenvalue weighted by Crippen LogP contribution is 2.27. The van der Waals surface area contributed by atoms with Crippen molar-refractivity contribution in [3.63, 3.8) is 0 Å². The lowest BCUT2D eigenvalue weighted by Crippen LogP contribution is -1.80. The van der Waals surface area contributed by atoms with E-state index in [9.17, 15) is 15.2 Å². The molecule has 0 bridgehead atoms. The molecule has 0 saturated carbocycles. The average Bonchev–Trinajstić information content (AvgIpc) is 2.77. The van der Waals surface area contributed by atoms with Crippen molar-refractivity contribution in [2.75, 3.05) is 0 Å². The first-order valence-electron chi connectivity index (χ1n) is 4.59. The highest BCUT2D eigenvalue weighted by molar-refractivity contribution is 7.18. The Balaban J connectivity index is 2.20. The maximum absolute atomic E-state index is 10.4. The van der Waals surface area contributed by atoms with E-state index >= 15 is 0 Å². The van der Waals surface area contributed by atoms with Crippen LogP contribution in [0.4, 0.5) is 10.1 Å². The van der Waals surface area contributed by atoms with Crippen LogP contribution in [0.1, 0.15) is 5.56 Å². The number of hydrogen-bond donors (Lipinski definition) is 1. The fourth-order valence-corrected chi connectivity index (χ4v) is 1.70. The molecular weight excluding hydrogens is 242 g/mol. The molecule has 0 radical (unpaired) electrons. The molecule has 0 spiro atoms. The Morgan fingerprint density at radius 1 is 1.47 bits per heavy atom. The fourth-order valence-electron chi connectivity index (χ4n) is 1.12. The maximum Gasteiger partial charge on any atom is 0.345 e. The van der Waals surface area contributed by atoms with Crippen molar-refractivity contribution >= 4 is 27.7 Å². The molecular formula is C10H7N3O3S. The van der Waals surface area contributed by atoms with Crippen LogP contribution in [0.25, 0.3) is 0 Å². The first kappa shape index (κ1) is 11.2. The Morgan fingerprint density at radius 2 is 2.24 bits per heavy atom. The van der Waals surface area contributed by atoms with Crippen molar-refractivity contribution in [3.8, 4) is 5.75 Å². The summed E-state index contributed by atoms with van der Waals surface area (Å²) in [5.41, 5.74) is 0.533. The SMILES string of the molecule is O=[N+]([O-])c1cnc(/N=C\c2ccccc2O)s1. The van der Waals surface area contributed by atoms with Crippen molar-refractivity contribution in [1.82, 2.24) is 4.98 Å². The molecule has 0 saturated heterocycles. The van der Waals surface area contributed by atoms with E-state index in [0.717, 1.165) is 17.5 Å². The van der Waals surface area contributed by atoms with Crippen LogP contribution in [0.3, 0.4) is 0 Å². The molecule has 0 aliphatic carbocycles. The number of benzene rings is 1. The summed E-state index contributed by atoms with van der Waals surface area (Å²) >= 11 is 0.876. The van der Waals surface area contributed by atoms with Gasteiger partial charge in [-0.1, -0.05) is 12.1 Å². The van der Waals surface area contributed by atoms with Crippen LogP contribution in [-0.4, -0.2) is 21.2 Å². The molecule has 1 aromatic carbocycles. The van der Waals surface area contributed by atoms with Crippen molar-refractivity contribution in [3.05, 3.63) is 46.1 Å². The minimum Gasteiger partial charge on any atom is -0.507 e. The van der Waals surface area contributed by atoms with Gasteiger partial charge < -0.3 is 5.11 Å². The minimum absolute atomic E-state index is 0.0607. The molecule has 0 aliphatic heterocycles. The zero-order valence-corrected chi connectivity index (χ0v) is 9.29. The summed E-state index contributed by atoms with van der Waals surface area (Å²) < 4.78 is 0. The van der Waals surface area contributed by atoms with Crippen molar-refractivity contribution < 1.29 is 10.0 Å². The molecule has 17 heavy (non-hydrogen) atoms. The van der Waals surface area contributed by atoms with Gasteiger partial charge in [0.05, 0.1) is 4.92 Å². The average molecular weight is 249 g/mol.